The minimum absolute atomic E-state index is 0.0153. The smallest absolute Gasteiger partial charge is 0.254 e. The van der Waals surface area contributed by atoms with Crippen LogP contribution in [0.3, 0.4) is 0 Å². The van der Waals surface area contributed by atoms with Crippen molar-refractivity contribution in [3.8, 4) is 0 Å². The summed E-state index contributed by atoms with van der Waals surface area (Å²) in [6.07, 6.45) is 1.70. The number of anilines is 1. The third-order valence-corrected chi connectivity index (χ3v) is 7.72. The van der Waals surface area contributed by atoms with E-state index in [-0.39, 0.29) is 23.7 Å². The van der Waals surface area contributed by atoms with E-state index in [2.05, 4.69) is 16.8 Å². The van der Waals surface area contributed by atoms with Gasteiger partial charge in [0.15, 0.2) is 0 Å². The highest BCUT2D eigenvalue weighted by Crippen LogP contribution is 2.50. The van der Waals surface area contributed by atoms with Crippen molar-refractivity contribution in [1.29, 1.82) is 0 Å². The lowest BCUT2D eigenvalue weighted by atomic mass is 10.0. The van der Waals surface area contributed by atoms with Gasteiger partial charge in [0.1, 0.15) is 0 Å². The molecule has 0 bridgehead atoms. The summed E-state index contributed by atoms with van der Waals surface area (Å²) >= 11 is 8.06. The average Bonchev–Trinajstić information content (AvgIpc) is 3.43. The predicted molar refractivity (Wildman–Crippen MR) is 125 cm³/mol. The van der Waals surface area contributed by atoms with Crippen LogP contribution in [0.1, 0.15) is 44.3 Å². The van der Waals surface area contributed by atoms with Gasteiger partial charge in [-0.1, -0.05) is 35.9 Å². The molecule has 1 aliphatic carbocycles. The zero-order valence-corrected chi connectivity index (χ0v) is 18.8. The molecule has 2 aliphatic rings. The topological polar surface area (TPSA) is 49.4 Å². The van der Waals surface area contributed by atoms with Gasteiger partial charge in [-0.3, -0.25) is 9.59 Å². The van der Waals surface area contributed by atoms with Crippen molar-refractivity contribution >= 4 is 40.4 Å². The molecule has 1 aliphatic heterocycles. The van der Waals surface area contributed by atoms with Crippen LogP contribution in [0.4, 0.5) is 5.69 Å². The molecule has 2 heterocycles. The molecule has 1 aromatic heterocycles. The third-order valence-electron chi connectivity index (χ3n) is 6.35. The maximum atomic E-state index is 13.2. The van der Waals surface area contributed by atoms with Gasteiger partial charge in [-0.15, -0.1) is 11.3 Å². The Hall–Kier alpha value is -2.63. The van der Waals surface area contributed by atoms with Crippen LogP contribution in [-0.2, 0) is 17.8 Å². The number of carbonyl (C=O) groups is 2. The number of carbonyl (C=O) groups excluding carboxylic acids is 2. The first-order valence-corrected chi connectivity index (χ1v) is 11.8. The van der Waals surface area contributed by atoms with Gasteiger partial charge in [-0.2, -0.15) is 0 Å². The minimum Gasteiger partial charge on any atom is -0.334 e. The fourth-order valence-corrected chi connectivity index (χ4v) is 5.59. The SMILES string of the molecule is Cc1c(NC(=O)C2CC2c2ccccc2Cl)cccc1C(=O)N1CCc2sccc2C1. The predicted octanol–water partition coefficient (Wildman–Crippen LogP) is 5.65. The van der Waals surface area contributed by atoms with E-state index in [9.17, 15) is 9.59 Å². The zero-order valence-electron chi connectivity index (χ0n) is 17.2. The highest BCUT2D eigenvalue weighted by Gasteiger charge is 2.44. The van der Waals surface area contributed by atoms with Crippen LogP contribution in [0.2, 0.25) is 5.02 Å². The number of benzene rings is 2. The van der Waals surface area contributed by atoms with Gasteiger partial charge < -0.3 is 10.2 Å². The van der Waals surface area contributed by atoms with Crippen LogP contribution in [0, 0.1) is 12.8 Å². The van der Waals surface area contributed by atoms with Gasteiger partial charge in [0.25, 0.3) is 5.91 Å². The third kappa shape index (κ3) is 3.88. The molecule has 0 spiro atoms. The minimum atomic E-state index is -0.0854. The van der Waals surface area contributed by atoms with Crippen LogP contribution in [0.15, 0.2) is 53.9 Å². The first kappa shape index (κ1) is 20.3. The number of amides is 2. The molecule has 2 unspecified atom stereocenters. The lowest BCUT2D eigenvalue weighted by Gasteiger charge is -2.28. The molecule has 1 N–H and O–H groups in total. The maximum absolute atomic E-state index is 13.2. The highest BCUT2D eigenvalue weighted by molar-refractivity contribution is 7.10. The van der Waals surface area contributed by atoms with Crippen LogP contribution in [-0.4, -0.2) is 23.3 Å². The number of halogens is 1. The molecule has 5 rings (SSSR count). The van der Waals surface area contributed by atoms with E-state index >= 15 is 0 Å². The second-order valence-corrected chi connectivity index (χ2v) is 9.69. The number of hydrogen-bond donors (Lipinski definition) is 1. The molecule has 2 atom stereocenters. The molecule has 2 amide bonds. The van der Waals surface area contributed by atoms with Crippen molar-refractivity contribution in [2.75, 3.05) is 11.9 Å². The molecule has 158 valence electrons. The molecule has 0 saturated heterocycles. The first-order chi connectivity index (χ1) is 15.0. The summed E-state index contributed by atoms with van der Waals surface area (Å²) in [6, 6.07) is 15.4. The second kappa shape index (κ2) is 8.13. The van der Waals surface area contributed by atoms with Crippen molar-refractivity contribution in [2.24, 2.45) is 5.92 Å². The summed E-state index contributed by atoms with van der Waals surface area (Å²) in [4.78, 5) is 29.4. The Balaban J connectivity index is 1.30. The molecule has 1 fully saturated rings. The van der Waals surface area contributed by atoms with Gasteiger partial charge in [0.05, 0.1) is 0 Å². The van der Waals surface area contributed by atoms with Crippen LogP contribution in [0.5, 0.6) is 0 Å². The molecular formula is C25H23ClN2O2S. The van der Waals surface area contributed by atoms with E-state index in [0.29, 0.717) is 22.8 Å². The molecule has 4 nitrogen and oxygen atoms in total. The summed E-state index contributed by atoms with van der Waals surface area (Å²) in [5, 5.41) is 5.85. The zero-order chi connectivity index (χ0) is 21.5. The summed E-state index contributed by atoms with van der Waals surface area (Å²) < 4.78 is 0. The first-order valence-electron chi connectivity index (χ1n) is 10.5. The van der Waals surface area contributed by atoms with E-state index in [1.165, 1.54) is 10.4 Å². The fourth-order valence-electron chi connectivity index (χ4n) is 4.42. The lowest BCUT2D eigenvalue weighted by molar-refractivity contribution is -0.117. The van der Waals surface area contributed by atoms with Gasteiger partial charge in [0.2, 0.25) is 5.91 Å². The van der Waals surface area contributed by atoms with Gasteiger partial charge >= 0.3 is 0 Å². The van der Waals surface area contributed by atoms with Crippen LogP contribution >= 0.6 is 22.9 Å². The Kier molecular flexibility index (Phi) is 5.32. The average molecular weight is 451 g/mol. The molecule has 6 heteroatoms. The Morgan fingerprint density at radius 1 is 1.13 bits per heavy atom. The number of rotatable bonds is 4. The second-order valence-electron chi connectivity index (χ2n) is 8.28. The molecule has 31 heavy (non-hydrogen) atoms. The molecule has 2 aromatic carbocycles. The molecule has 0 radical (unpaired) electrons. The van der Waals surface area contributed by atoms with Gasteiger partial charge in [-0.25, -0.2) is 0 Å². The quantitative estimate of drug-likeness (QED) is 0.558. The van der Waals surface area contributed by atoms with E-state index in [4.69, 9.17) is 11.6 Å². The fraction of sp³-hybridized carbons (Fsp3) is 0.280. The monoisotopic (exact) mass is 450 g/mol. The van der Waals surface area contributed by atoms with E-state index in [1.54, 1.807) is 11.3 Å². The standard InChI is InChI=1S/C25H23ClN2O2S/c1-15-17(25(30)28-11-9-23-16(14-28)10-12-31-23)6-4-8-22(15)27-24(29)20-13-19(20)18-5-2-3-7-21(18)26/h2-8,10,12,19-20H,9,11,13-14H2,1H3,(H,27,29). The lowest BCUT2D eigenvalue weighted by Crippen LogP contribution is -2.35. The number of fused-ring (bicyclic) bond motifs is 1. The Labute approximate surface area is 190 Å². The summed E-state index contributed by atoms with van der Waals surface area (Å²) in [6.45, 7) is 3.28. The van der Waals surface area contributed by atoms with Crippen LogP contribution in [0.25, 0.3) is 0 Å². The van der Waals surface area contributed by atoms with Gasteiger partial charge in [0, 0.05) is 40.2 Å². The summed E-state index contributed by atoms with van der Waals surface area (Å²) in [5.41, 5.74) is 4.43. The van der Waals surface area contributed by atoms with Crippen molar-refractivity contribution < 1.29 is 9.59 Å². The van der Waals surface area contributed by atoms with Crippen molar-refractivity contribution in [3.05, 3.63) is 86.1 Å². The van der Waals surface area contributed by atoms with Gasteiger partial charge in [-0.05, 0) is 72.0 Å². The number of hydrogen-bond acceptors (Lipinski definition) is 3. The van der Waals surface area contributed by atoms with Crippen molar-refractivity contribution in [3.63, 3.8) is 0 Å². The number of nitrogens with zero attached hydrogens (tertiary/aromatic N) is 1. The summed E-state index contributed by atoms with van der Waals surface area (Å²) in [7, 11) is 0. The Morgan fingerprint density at radius 3 is 2.81 bits per heavy atom. The van der Waals surface area contributed by atoms with E-state index < -0.39 is 0 Å². The number of thiophene rings is 1. The van der Waals surface area contributed by atoms with Crippen LogP contribution < -0.4 is 5.32 Å². The van der Waals surface area contributed by atoms with Crippen molar-refractivity contribution in [2.45, 2.75) is 32.2 Å². The summed E-state index contributed by atoms with van der Waals surface area (Å²) in [5.74, 6) is 0.0778. The Morgan fingerprint density at radius 2 is 1.97 bits per heavy atom. The van der Waals surface area contributed by atoms with E-state index in [1.807, 2.05) is 54.3 Å². The Bertz CT molecular complexity index is 1170. The molecule has 1 saturated carbocycles. The highest BCUT2D eigenvalue weighted by atomic mass is 35.5. The molecule has 3 aromatic rings. The van der Waals surface area contributed by atoms with E-state index in [0.717, 1.165) is 30.5 Å². The maximum Gasteiger partial charge on any atom is 0.254 e. The van der Waals surface area contributed by atoms with Crippen molar-refractivity contribution in [1.82, 2.24) is 4.90 Å². The molecular weight excluding hydrogens is 428 g/mol. The largest absolute Gasteiger partial charge is 0.334 e. The number of nitrogens with one attached hydrogen (secondary N) is 1. The normalized spacial score (nSPS) is 19.6.